The molecule has 141 valence electrons. The van der Waals surface area contributed by atoms with Crippen LogP contribution in [0.4, 0.5) is 15.1 Å². The molecule has 2 aromatic carbocycles. The molecule has 2 aliphatic rings. The average molecular weight is 577 g/mol. The molecule has 0 saturated heterocycles. The monoisotopic (exact) mass is 580 g/mol. The SMILES string of the molecule is O=C1N=C([Se])NC(=O)/C1=C\c1ccc(N2c3ccccc3Sc3ccccc32)[te]1. The summed E-state index contributed by atoms with van der Waals surface area (Å²) in [6.07, 6.45) is 1.69. The normalized spacial score (nSPS) is 16.9. The second-order valence-electron chi connectivity index (χ2n) is 6.28. The Labute approximate surface area is 189 Å². The molecule has 1 N–H and O–H groups in total. The summed E-state index contributed by atoms with van der Waals surface area (Å²) >= 11 is 3.56. The number of benzene rings is 2. The van der Waals surface area contributed by atoms with Gasteiger partial charge in [-0.15, -0.1) is 0 Å². The van der Waals surface area contributed by atoms with Crippen LogP contribution >= 0.6 is 11.8 Å². The molecule has 3 aromatic rings. The summed E-state index contributed by atoms with van der Waals surface area (Å²) in [6, 6.07) is 20.9. The van der Waals surface area contributed by atoms with Crippen LogP contribution in [0.3, 0.4) is 0 Å². The van der Waals surface area contributed by atoms with Crippen LogP contribution in [0.2, 0.25) is 0 Å². The Morgan fingerprint density at radius 1 is 0.966 bits per heavy atom. The van der Waals surface area contributed by atoms with Gasteiger partial charge >= 0.3 is 190 Å². The number of rotatable bonds is 2. The van der Waals surface area contributed by atoms with Gasteiger partial charge in [0.2, 0.25) is 0 Å². The van der Waals surface area contributed by atoms with Crippen LogP contribution in [-0.4, -0.2) is 53.0 Å². The average Bonchev–Trinajstić information content (AvgIpc) is 3.17. The second-order valence-corrected chi connectivity index (χ2v) is 11.3. The van der Waals surface area contributed by atoms with E-state index in [1.807, 2.05) is 6.07 Å². The number of aliphatic imine (C=N–C) groups is 1. The van der Waals surface area contributed by atoms with E-state index in [1.54, 1.807) is 17.8 Å². The van der Waals surface area contributed by atoms with Gasteiger partial charge in [0, 0.05) is 0 Å². The van der Waals surface area contributed by atoms with Crippen LogP contribution in [0.25, 0.3) is 6.08 Å². The summed E-state index contributed by atoms with van der Waals surface area (Å²) in [5.41, 5.74) is 2.42. The molecule has 5 nitrogen and oxygen atoms in total. The van der Waals surface area contributed by atoms with E-state index in [1.165, 1.54) is 13.5 Å². The van der Waals surface area contributed by atoms with E-state index >= 15 is 0 Å². The third-order valence-corrected chi connectivity index (χ3v) is 8.89. The first kappa shape index (κ1) is 18.9. The third kappa shape index (κ3) is 3.52. The number of hydrogen-bond donors (Lipinski definition) is 1. The fourth-order valence-electron chi connectivity index (χ4n) is 3.19. The van der Waals surface area contributed by atoms with Crippen molar-refractivity contribution in [3.05, 3.63) is 69.8 Å². The zero-order valence-electron chi connectivity index (χ0n) is 14.8. The third-order valence-electron chi connectivity index (χ3n) is 4.45. The molecule has 2 amide bonds. The van der Waals surface area contributed by atoms with Crippen molar-refractivity contribution in [2.75, 3.05) is 4.90 Å². The number of carbonyl (C=O) groups is 2. The van der Waals surface area contributed by atoms with E-state index in [4.69, 9.17) is 0 Å². The maximum absolute atomic E-state index is 12.2. The zero-order chi connectivity index (χ0) is 20.0. The Hall–Kier alpha value is -2.07. The Morgan fingerprint density at radius 2 is 1.62 bits per heavy atom. The predicted molar refractivity (Wildman–Crippen MR) is 117 cm³/mol. The number of anilines is 3. The summed E-state index contributed by atoms with van der Waals surface area (Å²) in [4.78, 5) is 32.9. The summed E-state index contributed by atoms with van der Waals surface area (Å²) in [7, 11) is 0. The van der Waals surface area contributed by atoms with Crippen molar-refractivity contribution in [1.29, 1.82) is 0 Å². The van der Waals surface area contributed by atoms with Crippen molar-refractivity contribution in [2.24, 2.45) is 4.99 Å². The standard InChI is InChI=1S/C21H12N3O2SSeTe/c25-19-13(20(26)23-21(28)22-19)11-12-9-10-18(29-12)24-14-5-1-3-7-16(14)27-17-8-4-2-6-15(17)24/h1-11H,(H,22,23,25,26). The van der Waals surface area contributed by atoms with E-state index in [0.717, 1.165) is 15.0 Å². The van der Waals surface area contributed by atoms with Gasteiger partial charge in [-0.05, 0) is 0 Å². The molecule has 0 fully saturated rings. The topological polar surface area (TPSA) is 61.8 Å². The van der Waals surface area contributed by atoms with Crippen LogP contribution in [0.5, 0.6) is 0 Å². The number of amidine groups is 1. The van der Waals surface area contributed by atoms with Crippen molar-refractivity contribution in [2.45, 2.75) is 9.79 Å². The minimum atomic E-state index is -0.786. The summed E-state index contributed by atoms with van der Waals surface area (Å²) in [5, 5.41) is 2.56. The molecule has 0 spiro atoms. The van der Waals surface area contributed by atoms with Gasteiger partial charge in [0.15, 0.2) is 0 Å². The number of amides is 2. The molecule has 0 saturated carbocycles. The van der Waals surface area contributed by atoms with E-state index in [0.29, 0.717) is 0 Å². The van der Waals surface area contributed by atoms with Gasteiger partial charge in [-0.3, -0.25) is 0 Å². The summed E-state index contributed by atoms with van der Waals surface area (Å²) < 4.78 is 2.46. The van der Waals surface area contributed by atoms with E-state index in [9.17, 15) is 9.59 Å². The Balaban J connectivity index is 1.58. The maximum atomic E-state index is 12.2. The predicted octanol–water partition coefficient (Wildman–Crippen LogP) is 3.24. The van der Waals surface area contributed by atoms with Gasteiger partial charge in [-0.1, -0.05) is 0 Å². The number of carbonyl (C=O) groups excluding carboxylic acids is 2. The van der Waals surface area contributed by atoms with Gasteiger partial charge in [0.25, 0.3) is 0 Å². The molecule has 5 rings (SSSR count). The molecule has 0 unspecified atom stereocenters. The van der Waals surface area contributed by atoms with Crippen LogP contribution in [0, 0.1) is 0 Å². The fraction of sp³-hybridized carbons (Fsp3) is 0. The first-order valence-corrected chi connectivity index (χ1v) is 12.7. The Bertz CT molecular complexity index is 1190. The van der Waals surface area contributed by atoms with Crippen LogP contribution in [-0.2, 0) is 9.59 Å². The first-order chi connectivity index (χ1) is 14.1. The molecule has 2 aliphatic heterocycles. The number of nitrogens with one attached hydrogen (secondary N) is 1. The second kappa shape index (κ2) is 7.64. The fourth-order valence-corrected chi connectivity index (χ4v) is 7.41. The molecular formula is C21H12N3O2SSeTe. The van der Waals surface area contributed by atoms with Crippen LogP contribution in [0.15, 0.2) is 81.0 Å². The Morgan fingerprint density at radius 3 is 2.28 bits per heavy atom. The van der Waals surface area contributed by atoms with E-state index in [-0.39, 0.29) is 10.3 Å². The minimum absolute atomic E-state index is 0.0880. The molecular weight excluding hydrogens is 565 g/mol. The summed E-state index contributed by atoms with van der Waals surface area (Å²) in [6.45, 7) is 0. The molecule has 29 heavy (non-hydrogen) atoms. The van der Waals surface area contributed by atoms with Crippen molar-refractivity contribution in [1.82, 2.24) is 5.32 Å². The van der Waals surface area contributed by atoms with Gasteiger partial charge < -0.3 is 0 Å². The molecule has 3 heterocycles. The number of para-hydroxylation sites is 2. The molecule has 8 heteroatoms. The quantitative estimate of drug-likeness (QED) is 0.226. The van der Waals surface area contributed by atoms with Gasteiger partial charge in [0.1, 0.15) is 0 Å². The zero-order valence-corrected chi connectivity index (χ0v) is 19.6. The van der Waals surface area contributed by atoms with Crippen molar-refractivity contribution >= 4 is 85.9 Å². The van der Waals surface area contributed by atoms with Crippen molar-refractivity contribution in [3.63, 3.8) is 0 Å². The number of fused-ring (bicyclic) bond motifs is 2. The molecule has 0 bridgehead atoms. The van der Waals surface area contributed by atoms with Crippen LogP contribution in [0.1, 0.15) is 3.58 Å². The Kier molecular flexibility index (Phi) is 4.99. The molecule has 1 radical (unpaired) electrons. The van der Waals surface area contributed by atoms with E-state index < -0.39 is 32.2 Å². The van der Waals surface area contributed by atoms with Crippen molar-refractivity contribution in [3.8, 4) is 0 Å². The van der Waals surface area contributed by atoms with E-state index in [2.05, 4.69) is 85.8 Å². The van der Waals surface area contributed by atoms with Crippen molar-refractivity contribution < 1.29 is 9.59 Å². The summed E-state index contributed by atoms with van der Waals surface area (Å²) in [5.74, 6) is -0.917. The molecule has 0 aliphatic carbocycles. The number of hydrogen-bond acceptors (Lipinski definition) is 4. The van der Waals surface area contributed by atoms with Gasteiger partial charge in [-0.2, -0.15) is 0 Å². The van der Waals surface area contributed by atoms with Gasteiger partial charge in [-0.25, -0.2) is 0 Å². The van der Waals surface area contributed by atoms with Crippen LogP contribution < -0.4 is 10.2 Å². The van der Waals surface area contributed by atoms with Gasteiger partial charge in [0.05, 0.1) is 0 Å². The molecule has 1 aromatic heterocycles. The number of nitrogens with zero attached hydrogens (tertiary/aromatic N) is 2. The first-order valence-electron chi connectivity index (χ1n) is 8.69. The molecule has 0 atom stereocenters.